The van der Waals surface area contributed by atoms with Crippen LogP contribution in [0.1, 0.15) is 121 Å². The Kier molecular flexibility index (Phi) is 11.4. The number of hydrogen-bond donors (Lipinski definition) is 5. The summed E-state index contributed by atoms with van der Waals surface area (Å²) in [6, 6.07) is 0.529. The molecule has 0 aromatic rings. The molecule has 0 aromatic heterocycles. The van der Waals surface area contributed by atoms with Crippen LogP contribution in [0.25, 0.3) is 0 Å². The van der Waals surface area contributed by atoms with Crippen molar-refractivity contribution in [3.8, 4) is 0 Å². The van der Waals surface area contributed by atoms with Gasteiger partial charge in [-0.3, -0.25) is 4.55 Å². The normalized spacial score (nSPS) is 41.4. The van der Waals surface area contributed by atoms with E-state index in [0.717, 1.165) is 84.0 Å². The summed E-state index contributed by atoms with van der Waals surface area (Å²) in [6.07, 6.45) is 8.67. The largest absolute Gasteiger partial charge is 0.397 e. The fourth-order valence-corrected chi connectivity index (χ4v) is 10.8. The van der Waals surface area contributed by atoms with Gasteiger partial charge < -0.3 is 21.5 Å². The van der Waals surface area contributed by atoms with Crippen LogP contribution in [-0.4, -0.2) is 62.5 Å². The van der Waals surface area contributed by atoms with Crippen molar-refractivity contribution in [2.45, 2.75) is 136 Å². The van der Waals surface area contributed by atoms with E-state index in [1.54, 1.807) is 13.8 Å². The summed E-state index contributed by atoms with van der Waals surface area (Å²) in [4.78, 5) is 0. The maximum Gasteiger partial charge on any atom is 0.397 e. The average Bonchev–Trinajstić information content (AvgIpc) is 3.33. The summed E-state index contributed by atoms with van der Waals surface area (Å²) in [5.74, 6) is 1.49. The molecule has 43 heavy (non-hydrogen) atoms. The fourth-order valence-electron chi connectivity index (χ4n) is 10.3. The van der Waals surface area contributed by atoms with E-state index in [-0.39, 0.29) is 40.6 Å². The van der Waals surface area contributed by atoms with Crippen LogP contribution in [0, 0.1) is 52.3 Å². The fraction of sp³-hybridized carbons (Fsp3) is 1.00. The second-order valence-corrected chi connectivity index (χ2v) is 16.6. The van der Waals surface area contributed by atoms with Gasteiger partial charge >= 0.3 is 10.4 Å². The molecule has 0 saturated heterocycles. The van der Waals surface area contributed by atoms with Crippen molar-refractivity contribution in [3.05, 3.63) is 0 Å². The van der Waals surface area contributed by atoms with Gasteiger partial charge in [-0.15, -0.1) is 0 Å². The first-order valence-corrected chi connectivity index (χ1v) is 18.8. The first-order valence-electron chi connectivity index (χ1n) is 18.6. The first-order chi connectivity index (χ1) is 21.1. The molecule has 9 heteroatoms. The third kappa shape index (κ3) is 8.36. The van der Waals surface area contributed by atoms with Crippen LogP contribution in [0.15, 0.2) is 0 Å². The zero-order chi connectivity index (χ0) is 33.2. The molecule has 4 aliphatic rings. The van der Waals surface area contributed by atoms with Crippen LogP contribution in [0.3, 0.4) is 0 Å². The Morgan fingerprint density at radius 2 is 1.65 bits per heavy atom. The van der Waals surface area contributed by atoms with E-state index in [9.17, 15) is 18.1 Å². The minimum Gasteiger partial charge on any atom is -0.393 e. The van der Waals surface area contributed by atoms with E-state index in [1.165, 1.54) is 12.8 Å². The van der Waals surface area contributed by atoms with Gasteiger partial charge in [0.05, 0.1) is 12.2 Å². The van der Waals surface area contributed by atoms with E-state index < -0.39 is 29.3 Å². The Hall–Kier alpha value is -0.290. The Labute approximate surface area is 266 Å². The van der Waals surface area contributed by atoms with Crippen LogP contribution in [0.5, 0.6) is 0 Å². The van der Waals surface area contributed by atoms with Gasteiger partial charge in [0.2, 0.25) is 0 Å². The number of rotatable bonds is 16. The third-order valence-corrected chi connectivity index (χ3v) is 13.1. The Bertz CT molecular complexity index is 1050. The molecule has 0 radical (unpaired) electrons. The van der Waals surface area contributed by atoms with Crippen molar-refractivity contribution >= 4 is 10.4 Å². The van der Waals surface area contributed by atoms with Gasteiger partial charge in [-0.25, -0.2) is 4.18 Å². The van der Waals surface area contributed by atoms with Gasteiger partial charge in [-0.05, 0) is 162 Å². The second-order valence-electron chi connectivity index (χ2n) is 15.5. The Morgan fingerprint density at radius 1 is 0.953 bits per heavy atom. The summed E-state index contributed by atoms with van der Waals surface area (Å²) in [7, 11) is -4.71. The zero-order valence-corrected chi connectivity index (χ0v) is 28.5. The highest BCUT2D eigenvalue weighted by Gasteiger charge is 2.62. The molecule has 4 rings (SSSR count). The molecule has 0 amide bonds. The van der Waals surface area contributed by atoms with Crippen molar-refractivity contribution < 1.29 is 25.0 Å². The van der Waals surface area contributed by atoms with Gasteiger partial charge in [-0.1, -0.05) is 34.6 Å². The number of nitrogens with one attached hydrogen (secondary N) is 2. The number of unbranched alkanes of at least 4 members (excludes halogenated alkanes) is 1. The minimum atomic E-state index is -4.71. The molecule has 0 heterocycles. The highest BCUT2D eigenvalue weighted by atomic mass is 32.3. The SMILES string of the molecule is [2H]C(C([2H])[C@@H](C)[C@H]1CCC2C3C(CC[C@@]21C)[C@@]1(C)CC[C@H](NCCCNCCCCN)C[C@@H]1C[C@H]3O)[C@@H](OS(=O)(=O)O)C(C)C. The summed E-state index contributed by atoms with van der Waals surface area (Å²) in [5.41, 5.74) is 5.81. The van der Waals surface area contributed by atoms with Gasteiger partial charge in [-0.2, -0.15) is 8.42 Å². The summed E-state index contributed by atoms with van der Waals surface area (Å²) < 4.78 is 55.1. The zero-order valence-electron chi connectivity index (χ0n) is 29.6. The number of nitrogens with two attached hydrogens (primary N) is 1. The van der Waals surface area contributed by atoms with Crippen molar-refractivity contribution in [3.63, 3.8) is 0 Å². The number of aliphatic hydroxyl groups is 1. The molecular formula is C34H65N3O5S. The van der Waals surface area contributed by atoms with Gasteiger partial charge in [0.1, 0.15) is 0 Å². The van der Waals surface area contributed by atoms with Crippen molar-refractivity contribution in [1.29, 1.82) is 0 Å². The predicted octanol–water partition coefficient (Wildman–Crippen LogP) is 5.55. The van der Waals surface area contributed by atoms with E-state index in [0.29, 0.717) is 23.8 Å². The number of fused-ring (bicyclic) bond motifs is 5. The number of hydrogen-bond acceptors (Lipinski definition) is 7. The van der Waals surface area contributed by atoms with Crippen molar-refractivity contribution in [2.24, 2.45) is 58.0 Å². The monoisotopic (exact) mass is 629 g/mol. The predicted molar refractivity (Wildman–Crippen MR) is 174 cm³/mol. The molecule has 6 N–H and O–H groups in total. The highest BCUT2D eigenvalue weighted by molar-refractivity contribution is 7.80. The van der Waals surface area contributed by atoms with Crippen LogP contribution in [-0.2, 0) is 14.6 Å². The molecule has 8 nitrogen and oxygen atoms in total. The van der Waals surface area contributed by atoms with Crippen molar-refractivity contribution in [2.75, 3.05) is 26.2 Å². The molecule has 5 unspecified atom stereocenters. The quantitative estimate of drug-likeness (QED) is 0.111. The smallest absolute Gasteiger partial charge is 0.393 e. The maximum atomic E-state index is 11.8. The first kappa shape index (κ1) is 32.6. The van der Waals surface area contributed by atoms with Crippen molar-refractivity contribution in [1.82, 2.24) is 10.6 Å². The molecule has 4 fully saturated rings. The van der Waals surface area contributed by atoms with Crippen LogP contribution in [0.4, 0.5) is 0 Å². The molecule has 13 atom stereocenters. The molecule has 252 valence electrons. The highest BCUT2D eigenvalue weighted by Crippen LogP contribution is 2.68. The molecule has 0 spiro atoms. The second kappa shape index (κ2) is 15.1. The van der Waals surface area contributed by atoms with Crippen LogP contribution >= 0.6 is 0 Å². The average molecular weight is 630 g/mol. The third-order valence-electron chi connectivity index (χ3n) is 12.7. The lowest BCUT2D eigenvalue weighted by Gasteiger charge is -2.62. The Morgan fingerprint density at radius 3 is 2.35 bits per heavy atom. The van der Waals surface area contributed by atoms with E-state index in [4.69, 9.17) is 12.7 Å². The van der Waals surface area contributed by atoms with E-state index in [1.807, 2.05) is 0 Å². The standard InChI is InChI=1S/C34H65N3O5S/c1-23(2)31(42-43(39,40)41)12-9-24(3)27-10-11-28-32-29(14-16-34(27,28)5)33(4)15-13-26(21-25(33)22-30(32)38)37-20-8-19-36-18-7-6-17-35/h23-32,36-38H,6-22,35H2,1-5H3,(H,39,40,41)/t24-,25-,26+,27-,28?,29?,30-,31-,32?,33+,34-/m1/s1/i9D,12D/t9?,12?,24-,25-,26+,27-,28?,29?,30-,31-,32?,33+,34-. The summed E-state index contributed by atoms with van der Waals surface area (Å²) in [6.45, 7) is 14.3. The van der Waals surface area contributed by atoms with Gasteiger partial charge in [0.15, 0.2) is 0 Å². The maximum absolute atomic E-state index is 11.8. The lowest BCUT2D eigenvalue weighted by atomic mass is 9.43. The molecular weight excluding hydrogens is 562 g/mol. The minimum absolute atomic E-state index is 0.0157. The van der Waals surface area contributed by atoms with Crippen LogP contribution in [0.2, 0.25) is 0 Å². The lowest BCUT2D eigenvalue weighted by Crippen LogP contribution is -2.59. The molecule has 4 aliphatic carbocycles. The molecule has 0 aliphatic heterocycles. The van der Waals surface area contributed by atoms with Gasteiger partial charge in [0.25, 0.3) is 0 Å². The van der Waals surface area contributed by atoms with E-state index >= 15 is 0 Å². The van der Waals surface area contributed by atoms with E-state index in [2.05, 4.69) is 31.4 Å². The molecule has 0 aromatic carbocycles. The number of aliphatic hydroxyl groups excluding tert-OH is 1. The summed E-state index contributed by atoms with van der Waals surface area (Å²) >= 11 is 0. The van der Waals surface area contributed by atoms with Gasteiger partial charge in [0, 0.05) is 8.78 Å². The molecule has 0 bridgehead atoms. The summed E-state index contributed by atoms with van der Waals surface area (Å²) in [5, 5.41) is 19.2. The lowest BCUT2D eigenvalue weighted by molar-refractivity contribution is -0.167. The van der Waals surface area contributed by atoms with Crippen LogP contribution < -0.4 is 16.4 Å². The molecule has 4 saturated carbocycles. The Balaban J connectivity index is 1.37. The topological polar surface area (TPSA) is 134 Å².